The van der Waals surface area contributed by atoms with E-state index >= 15 is 0 Å². The zero-order valence-corrected chi connectivity index (χ0v) is 22.2. The molecule has 3 aliphatic rings. The van der Waals surface area contributed by atoms with Crippen molar-refractivity contribution in [2.45, 2.75) is 46.5 Å². The molecule has 2 heterocycles. The second kappa shape index (κ2) is 9.82. The molecule has 7 nitrogen and oxygen atoms in total. The minimum absolute atomic E-state index is 0.0730. The Kier molecular flexibility index (Phi) is 7.20. The van der Waals surface area contributed by atoms with E-state index in [9.17, 15) is 9.59 Å². The number of carbonyl (C=O) groups is 2. The molecule has 1 amide bonds. The number of morpholine rings is 1. The van der Waals surface area contributed by atoms with Gasteiger partial charge in [-0.3, -0.25) is 14.6 Å². The number of allylic oxidation sites excluding steroid dienone is 1. The number of carbonyl (C=O) groups excluding carboxylic acids is 2. The predicted octanol–water partition coefficient (Wildman–Crippen LogP) is 4.53. The van der Waals surface area contributed by atoms with Crippen molar-refractivity contribution in [1.29, 1.82) is 0 Å². The third kappa shape index (κ3) is 4.67. The molecule has 0 N–H and O–H groups in total. The summed E-state index contributed by atoms with van der Waals surface area (Å²) in [6.45, 7) is 10.5. The van der Waals surface area contributed by atoms with Gasteiger partial charge in [0.2, 0.25) is 0 Å². The zero-order chi connectivity index (χ0) is 24.6. The average molecular weight is 533 g/mol. The molecule has 34 heavy (non-hydrogen) atoms. The number of rotatable bonds is 5. The molecule has 2 atom stereocenters. The highest BCUT2D eigenvalue weighted by Gasteiger charge is 2.48. The first kappa shape index (κ1) is 24.9. The van der Waals surface area contributed by atoms with Gasteiger partial charge in [-0.2, -0.15) is 0 Å². The lowest BCUT2D eigenvalue weighted by molar-refractivity contribution is -0.131. The smallest absolute Gasteiger partial charge is 0.252 e. The number of hydrogen-bond donors (Lipinski definition) is 0. The minimum Gasteiger partial charge on any atom is -0.492 e. The summed E-state index contributed by atoms with van der Waals surface area (Å²) in [5, 5.41) is 0. The summed E-state index contributed by atoms with van der Waals surface area (Å²) in [4.78, 5) is 34.1. The fourth-order valence-electron chi connectivity index (χ4n) is 5.40. The van der Waals surface area contributed by atoms with Crippen LogP contribution in [0.4, 0.5) is 0 Å². The van der Waals surface area contributed by atoms with Crippen molar-refractivity contribution in [2.75, 3.05) is 40.0 Å². The van der Waals surface area contributed by atoms with Gasteiger partial charge < -0.3 is 19.1 Å². The Morgan fingerprint density at radius 2 is 1.94 bits per heavy atom. The van der Waals surface area contributed by atoms with E-state index < -0.39 is 11.8 Å². The minimum atomic E-state index is -0.466. The van der Waals surface area contributed by atoms with E-state index in [0.717, 1.165) is 22.2 Å². The van der Waals surface area contributed by atoms with Crippen molar-refractivity contribution in [1.82, 2.24) is 4.90 Å². The van der Waals surface area contributed by atoms with Gasteiger partial charge in [0.05, 0.1) is 37.3 Å². The van der Waals surface area contributed by atoms with Gasteiger partial charge in [0, 0.05) is 42.4 Å². The lowest BCUT2D eigenvalue weighted by Crippen LogP contribution is -2.47. The average Bonchev–Trinajstić information content (AvgIpc) is 2.77. The first-order valence-corrected chi connectivity index (χ1v) is 12.6. The van der Waals surface area contributed by atoms with Crippen LogP contribution >= 0.6 is 15.9 Å². The first-order chi connectivity index (χ1) is 16.2. The number of benzene rings is 1. The molecule has 1 unspecified atom stereocenters. The molecule has 2 fully saturated rings. The van der Waals surface area contributed by atoms with Crippen molar-refractivity contribution in [3.63, 3.8) is 0 Å². The maximum atomic E-state index is 13.8. The van der Waals surface area contributed by atoms with Crippen LogP contribution in [-0.4, -0.2) is 62.3 Å². The van der Waals surface area contributed by atoms with Gasteiger partial charge in [-0.1, -0.05) is 13.8 Å². The summed E-state index contributed by atoms with van der Waals surface area (Å²) in [5.41, 5.74) is 2.83. The quantitative estimate of drug-likeness (QED) is 0.556. The molecular weight excluding hydrogens is 500 g/mol. The molecule has 4 rings (SSSR count). The van der Waals surface area contributed by atoms with Crippen LogP contribution in [0.5, 0.6) is 11.5 Å². The van der Waals surface area contributed by atoms with Crippen molar-refractivity contribution in [3.05, 3.63) is 33.4 Å². The van der Waals surface area contributed by atoms with Crippen LogP contribution in [0.15, 0.2) is 32.9 Å². The number of aliphatic imine (C=N–C) groups is 1. The monoisotopic (exact) mass is 532 g/mol. The van der Waals surface area contributed by atoms with Gasteiger partial charge in [0.1, 0.15) is 5.78 Å². The second-order valence-corrected chi connectivity index (χ2v) is 10.8. The molecular formula is C26H33BrN2O5. The van der Waals surface area contributed by atoms with Gasteiger partial charge in [-0.15, -0.1) is 0 Å². The van der Waals surface area contributed by atoms with Gasteiger partial charge >= 0.3 is 0 Å². The van der Waals surface area contributed by atoms with E-state index in [1.54, 1.807) is 7.11 Å². The van der Waals surface area contributed by atoms with E-state index in [1.165, 1.54) is 0 Å². The summed E-state index contributed by atoms with van der Waals surface area (Å²) in [6.07, 6.45) is 1.19. The maximum Gasteiger partial charge on any atom is 0.252 e. The molecule has 8 heteroatoms. The van der Waals surface area contributed by atoms with Crippen LogP contribution in [0.1, 0.15) is 52.0 Å². The number of methoxy groups -OCH3 is 1. The Bertz CT molecular complexity index is 1060. The number of halogens is 1. The molecule has 184 valence electrons. The fraction of sp³-hybridized carbons (Fsp3) is 0.577. The summed E-state index contributed by atoms with van der Waals surface area (Å²) >= 11 is 3.62. The lowest BCUT2D eigenvalue weighted by atomic mass is 9.63. The summed E-state index contributed by atoms with van der Waals surface area (Å²) in [7, 11) is 1.60. The Labute approximate surface area is 209 Å². The van der Waals surface area contributed by atoms with Crippen molar-refractivity contribution >= 4 is 33.3 Å². The van der Waals surface area contributed by atoms with Gasteiger partial charge in [-0.05, 0) is 59.3 Å². The molecule has 1 aliphatic carbocycles. The predicted molar refractivity (Wildman–Crippen MR) is 134 cm³/mol. The van der Waals surface area contributed by atoms with Crippen molar-refractivity contribution in [2.24, 2.45) is 16.3 Å². The van der Waals surface area contributed by atoms with Gasteiger partial charge in [-0.25, -0.2) is 0 Å². The Balaban J connectivity index is 1.88. The zero-order valence-electron chi connectivity index (χ0n) is 20.6. The first-order valence-electron chi connectivity index (χ1n) is 11.8. The van der Waals surface area contributed by atoms with E-state index in [1.807, 2.05) is 30.9 Å². The standard InChI is InChI=1S/C26H33BrN2O5/c1-6-34-20-12-16(11-17(27)24(20)32-5)22-21(25(31)29-7-9-33-10-8-29)15(2)28-18-13-26(3,4)14-19(30)23(18)22/h11-12,22-23H,6-10,13-14H2,1-5H3/t22-,23?/m0/s1. The van der Waals surface area contributed by atoms with Crippen LogP contribution in [-0.2, 0) is 14.3 Å². The molecule has 1 saturated heterocycles. The van der Waals surface area contributed by atoms with E-state index in [-0.39, 0.29) is 17.1 Å². The van der Waals surface area contributed by atoms with Gasteiger partial charge in [0.15, 0.2) is 11.5 Å². The topological polar surface area (TPSA) is 77.4 Å². The van der Waals surface area contributed by atoms with Gasteiger partial charge in [0.25, 0.3) is 5.91 Å². The molecule has 2 aliphatic heterocycles. The molecule has 1 aromatic carbocycles. The molecule has 1 saturated carbocycles. The van der Waals surface area contributed by atoms with Crippen molar-refractivity contribution < 1.29 is 23.8 Å². The fourth-order valence-corrected chi connectivity index (χ4v) is 6.02. The Hall–Kier alpha value is -2.19. The number of ketones is 1. The van der Waals surface area contributed by atoms with Crippen LogP contribution in [0, 0.1) is 11.3 Å². The Morgan fingerprint density at radius 1 is 1.24 bits per heavy atom. The SMILES string of the molecule is CCOc1cc([C@H]2C(C(=O)N3CCOCC3)=C(C)N=C3CC(C)(C)CC(=O)C32)cc(Br)c1OC. The highest BCUT2D eigenvalue weighted by Crippen LogP contribution is 2.49. The third-order valence-electron chi connectivity index (χ3n) is 6.79. The number of nitrogens with zero attached hydrogens (tertiary/aromatic N) is 2. The van der Waals surface area contributed by atoms with Crippen molar-refractivity contribution in [3.8, 4) is 11.5 Å². The summed E-state index contributed by atoms with van der Waals surface area (Å²) < 4.78 is 17.6. The number of hydrogen-bond acceptors (Lipinski definition) is 6. The summed E-state index contributed by atoms with van der Waals surface area (Å²) in [6, 6.07) is 3.86. The highest BCUT2D eigenvalue weighted by atomic mass is 79.9. The Morgan fingerprint density at radius 3 is 2.59 bits per heavy atom. The number of ether oxygens (including phenoxy) is 3. The van der Waals surface area contributed by atoms with E-state index in [2.05, 4.69) is 29.8 Å². The second-order valence-electron chi connectivity index (χ2n) is 9.91. The lowest BCUT2D eigenvalue weighted by Gasteiger charge is -2.42. The number of fused-ring (bicyclic) bond motifs is 1. The largest absolute Gasteiger partial charge is 0.492 e. The number of Topliss-reactive ketones (excluding diaryl/α,β-unsaturated/α-hetero) is 1. The van der Waals surface area contributed by atoms with Crippen LogP contribution in [0.3, 0.4) is 0 Å². The molecule has 0 aromatic heterocycles. The third-order valence-corrected chi connectivity index (χ3v) is 7.38. The maximum absolute atomic E-state index is 13.8. The molecule has 1 aromatic rings. The highest BCUT2D eigenvalue weighted by molar-refractivity contribution is 9.10. The number of amides is 1. The summed E-state index contributed by atoms with van der Waals surface area (Å²) in [5.74, 6) is 0.325. The normalized spacial score (nSPS) is 24.5. The van der Waals surface area contributed by atoms with Crippen LogP contribution in [0.2, 0.25) is 0 Å². The van der Waals surface area contributed by atoms with Crippen LogP contribution in [0.25, 0.3) is 0 Å². The van der Waals surface area contributed by atoms with Crippen LogP contribution < -0.4 is 9.47 Å². The molecule has 0 radical (unpaired) electrons. The molecule has 0 spiro atoms. The van der Waals surface area contributed by atoms with E-state index in [0.29, 0.717) is 62.1 Å². The van der Waals surface area contributed by atoms with E-state index in [4.69, 9.17) is 19.2 Å². The molecule has 0 bridgehead atoms.